The lowest BCUT2D eigenvalue weighted by atomic mass is 10.2. The highest BCUT2D eigenvalue weighted by Gasteiger charge is 2.31. The van der Waals surface area contributed by atoms with Gasteiger partial charge in [0.25, 0.3) is 5.91 Å². The van der Waals surface area contributed by atoms with Crippen LogP contribution >= 0.6 is 0 Å². The van der Waals surface area contributed by atoms with Gasteiger partial charge in [0.05, 0.1) is 13.2 Å². The fourth-order valence-electron chi connectivity index (χ4n) is 2.77. The summed E-state index contributed by atoms with van der Waals surface area (Å²) in [5, 5.41) is 8.07. The van der Waals surface area contributed by atoms with Crippen LogP contribution in [-0.4, -0.2) is 51.4 Å². The van der Waals surface area contributed by atoms with Crippen molar-refractivity contribution >= 4 is 5.91 Å². The van der Waals surface area contributed by atoms with Gasteiger partial charge < -0.3 is 18.9 Å². The van der Waals surface area contributed by atoms with Gasteiger partial charge in [0, 0.05) is 13.1 Å². The second-order valence-corrected chi connectivity index (χ2v) is 5.69. The molecule has 0 bridgehead atoms. The molecule has 7 nitrogen and oxygen atoms in total. The molecule has 1 aromatic carbocycles. The lowest BCUT2D eigenvalue weighted by Gasteiger charge is -2.34. The maximum atomic E-state index is 12.7. The minimum atomic E-state index is -0.546. The van der Waals surface area contributed by atoms with Crippen LogP contribution in [-0.2, 0) is 16.1 Å². The van der Waals surface area contributed by atoms with E-state index in [2.05, 4.69) is 10.2 Å². The zero-order chi connectivity index (χ0) is 16.9. The van der Waals surface area contributed by atoms with Gasteiger partial charge in [-0.15, -0.1) is 10.2 Å². The SMILES string of the molecule is CCn1cnnc1C1CN(C(=O)C(C)Oc2ccccc2)CCO1. The molecule has 128 valence electrons. The molecule has 0 saturated carbocycles. The molecule has 2 atom stereocenters. The van der Waals surface area contributed by atoms with Crippen LogP contribution in [0.1, 0.15) is 25.8 Å². The lowest BCUT2D eigenvalue weighted by molar-refractivity contribution is -0.146. The lowest BCUT2D eigenvalue weighted by Crippen LogP contribution is -2.47. The van der Waals surface area contributed by atoms with Crippen LogP contribution < -0.4 is 4.74 Å². The average Bonchev–Trinajstić information content (AvgIpc) is 3.11. The molecule has 0 aliphatic carbocycles. The number of carbonyl (C=O) groups excluding carboxylic acids is 1. The van der Waals surface area contributed by atoms with E-state index in [0.717, 1.165) is 12.4 Å². The smallest absolute Gasteiger partial charge is 0.263 e. The highest BCUT2D eigenvalue weighted by molar-refractivity contribution is 5.81. The summed E-state index contributed by atoms with van der Waals surface area (Å²) in [6.07, 6.45) is 0.880. The molecule has 0 radical (unpaired) electrons. The molecule has 3 rings (SSSR count). The van der Waals surface area contributed by atoms with Gasteiger partial charge in [0.15, 0.2) is 11.9 Å². The fourth-order valence-corrected chi connectivity index (χ4v) is 2.77. The van der Waals surface area contributed by atoms with Gasteiger partial charge in [-0.25, -0.2) is 0 Å². The molecule has 1 saturated heterocycles. The van der Waals surface area contributed by atoms with Gasteiger partial charge in [-0.05, 0) is 26.0 Å². The highest BCUT2D eigenvalue weighted by Crippen LogP contribution is 2.21. The molecule has 1 aromatic heterocycles. The summed E-state index contributed by atoms with van der Waals surface area (Å²) >= 11 is 0. The van der Waals surface area contributed by atoms with Crippen molar-refractivity contribution in [3.05, 3.63) is 42.5 Å². The predicted octanol–water partition coefficient (Wildman–Crippen LogP) is 1.67. The highest BCUT2D eigenvalue weighted by atomic mass is 16.5. The van der Waals surface area contributed by atoms with Crippen molar-refractivity contribution in [3.8, 4) is 5.75 Å². The molecule has 7 heteroatoms. The third-order valence-corrected chi connectivity index (χ3v) is 4.06. The number of morpholine rings is 1. The van der Waals surface area contributed by atoms with E-state index in [0.29, 0.717) is 25.4 Å². The second-order valence-electron chi connectivity index (χ2n) is 5.69. The molecular formula is C17H22N4O3. The van der Waals surface area contributed by atoms with E-state index in [1.807, 2.05) is 41.8 Å². The first kappa shape index (κ1) is 16.4. The monoisotopic (exact) mass is 330 g/mol. The van der Waals surface area contributed by atoms with E-state index in [1.54, 1.807) is 18.2 Å². The van der Waals surface area contributed by atoms with Gasteiger partial charge >= 0.3 is 0 Å². The number of rotatable bonds is 5. The van der Waals surface area contributed by atoms with E-state index in [9.17, 15) is 4.79 Å². The molecule has 1 aliphatic heterocycles. The van der Waals surface area contributed by atoms with Crippen LogP contribution in [0.4, 0.5) is 0 Å². The zero-order valence-corrected chi connectivity index (χ0v) is 14.0. The van der Waals surface area contributed by atoms with E-state index in [4.69, 9.17) is 9.47 Å². The molecule has 1 fully saturated rings. The minimum Gasteiger partial charge on any atom is -0.481 e. The normalized spacial score (nSPS) is 19.1. The van der Waals surface area contributed by atoms with Gasteiger partial charge in [0.2, 0.25) is 0 Å². The van der Waals surface area contributed by atoms with Gasteiger partial charge in [-0.2, -0.15) is 0 Å². The summed E-state index contributed by atoms with van der Waals surface area (Å²) in [6.45, 7) is 6.05. The summed E-state index contributed by atoms with van der Waals surface area (Å²) in [6, 6.07) is 9.37. The Morgan fingerprint density at radius 1 is 1.42 bits per heavy atom. The Hall–Kier alpha value is -2.41. The maximum Gasteiger partial charge on any atom is 0.263 e. The summed E-state index contributed by atoms with van der Waals surface area (Å²) in [5.74, 6) is 1.40. The molecule has 2 heterocycles. The molecular weight excluding hydrogens is 308 g/mol. The Morgan fingerprint density at radius 3 is 2.96 bits per heavy atom. The summed E-state index contributed by atoms with van der Waals surface area (Å²) in [7, 11) is 0. The number of carbonyl (C=O) groups is 1. The summed E-state index contributed by atoms with van der Waals surface area (Å²) in [5.41, 5.74) is 0. The Balaban J connectivity index is 1.64. The second kappa shape index (κ2) is 7.44. The van der Waals surface area contributed by atoms with E-state index < -0.39 is 6.10 Å². The van der Waals surface area contributed by atoms with Crippen molar-refractivity contribution in [2.45, 2.75) is 32.6 Å². The Kier molecular flexibility index (Phi) is 5.10. The van der Waals surface area contributed by atoms with Gasteiger partial charge in [-0.3, -0.25) is 4.79 Å². The third kappa shape index (κ3) is 3.56. The third-order valence-electron chi connectivity index (χ3n) is 4.06. The Morgan fingerprint density at radius 2 is 2.21 bits per heavy atom. The largest absolute Gasteiger partial charge is 0.481 e. The maximum absolute atomic E-state index is 12.7. The number of hydrogen-bond donors (Lipinski definition) is 0. The first-order chi connectivity index (χ1) is 11.7. The van der Waals surface area contributed by atoms with Crippen LogP contribution in [0, 0.1) is 0 Å². The molecule has 2 unspecified atom stereocenters. The minimum absolute atomic E-state index is 0.0466. The number of benzene rings is 1. The van der Waals surface area contributed by atoms with E-state index >= 15 is 0 Å². The van der Waals surface area contributed by atoms with Crippen LogP contribution in [0.2, 0.25) is 0 Å². The molecule has 1 amide bonds. The van der Waals surface area contributed by atoms with Crippen molar-refractivity contribution in [2.75, 3.05) is 19.7 Å². The average molecular weight is 330 g/mol. The zero-order valence-electron chi connectivity index (χ0n) is 14.0. The summed E-state index contributed by atoms with van der Waals surface area (Å²) < 4.78 is 13.5. The van der Waals surface area contributed by atoms with Crippen molar-refractivity contribution in [3.63, 3.8) is 0 Å². The quantitative estimate of drug-likeness (QED) is 0.834. The number of aromatic nitrogens is 3. The van der Waals surface area contributed by atoms with Crippen LogP contribution in [0.5, 0.6) is 5.75 Å². The number of nitrogens with zero attached hydrogens (tertiary/aromatic N) is 4. The van der Waals surface area contributed by atoms with Crippen molar-refractivity contribution in [1.29, 1.82) is 0 Å². The number of amides is 1. The molecule has 0 spiro atoms. The van der Waals surface area contributed by atoms with E-state index in [-0.39, 0.29) is 12.0 Å². The van der Waals surface area contributed by atoms with Crippen LogP contribution in [0.3, 0.4) is 0 Å². The summed E-state index contributed by atoms with van der Waals surface area (Å²) in [4.78, 5) is 14.4. The molecule has 2 aromatic rings. The molecule has 0 N–H and O–H groups in total. The van der Waals surface area contributed by atoms with Crippen LogP contribution in [0.25, 0.3) is 0 Å². The topological polar surface area (TPSA) is 69.5 Å². The van der Waals surface area contributed by atoms with E-state index in [1.165, 1.54) is 0 Å². The molecule has 1 aliphatic rings. The number of hydrogen-bond acceptors (Lipinski definition) is 5. The Labute approximate surface area is 141 Å². The van der Waals surface area contributed by atoms with Crippen molar-refractivity contribution < 1.29 is 14.3 Å². The number of aryl methyl sites for hydroxylation is 1. The first-order valence-corrected chi connectivity index (χ1v) is 8.18. The van der Waals surface area contributed by atoms with Crippen molar-refractivity contribution in [2.24, 2.45) is 0 Å². The van der Waals surface area contributed by atoms with Gasteiger partial charge in [0.1, 0.15) is 18.2 Å². The number of ether oxygens (including phenoxy) is 2. The molecule has 24 heavy (non-hydrogen) atoms. The predicted molar refractivity (Wildman–Crippen MR) is 87.5 cm³/mol. The van der Waals surface area contributed by atoms with Crippen LogP contribution in [0.15, 0.2) is 36.7 Å². The van der Waals surface area contributed by atoms with Crippen molar-refractivity contribution in [1.82, 2.24) is 19.7 Å². The standard InChI is InChI=1S/C17H22N4O3/c1-3-20-12-18-19-16(20)15-11-21(9-10-23-15)17(22)13(2)24-14-7-5-4-6-8-14/h4-8,12-13,15H,3,9-11H2,1-2H3. The first-order valence-electron chi connectivity index (χ1n) is 8.18. The fraction of sp³-hybridized carbons (Fsp3) is 0.471. The Bertz CT molecular complexity index is 673. The van der Waals surface area contributed by atoms with Gasteiger partial charge in [-0.1, -0.05) is 18.2 Å². The number of para-hydroxylation sites is 1.